The first-order valence-electron chi connectivity index (χ1n) is 4.49. The van der Waals surface area contributed by atoms with Crippen LogP contribution in [0.3, 0.4) is 0 Å². The lowest BCUT2D eigenvalue weighted by molar-refractivity contribution is 0.178. The van der Waals surface area contributed by atoms with E-state index in [0.717, 1.165) is 20.1 Å². The molecular weight excluding hydrogens is 294 g/mol. The van der Waals surface area contributed by atoms with E-state index in [1.54, 1.807) is 11.3 Å². The molecule has 2 rings (SSSR count). The van der Waals surface area contributed by atoms with Crippen molar-refractivity contribution in [1.82, 2.24) is 4.98 Å². The first kappa shape index (κ1) is 11.3. The zero-order valence-corrected chi connectivity index (χ0v) is 11.3. The van der Waals surface area contributed by atoms with Crippen molar-refractivity contribution >= 4 is 38.6 Å². The zero-order valence-electron chi connectivity index (χ0n) is 8.11. The summed E-state index contributed by atoms with van der Waals surface area (Å²) >= 11 is 6.62. The molecule has 0 aliphatic carbocycles. The Hall–Kier alpha value is -0.230. The minimum atomic E-state index is -0.487. The Balaban J connectivity index is 2.10. The highest BCUT2D eigenvalue weighted by molar-refractivity contribution is 9.10. The fourth-order valence-corrected chi connectivity index (χ4v) is 3.59. The normalized spacial score (nSPS) is 13.0. The van der Waals surface area contributed by atoms with Gasteiger partial charge in [-0.05, 0) is 34.3 Å². The molecule has 0 saturated carbocycles. The van der Waals surface area contributed by atoms with E-state index in [1.165, 1.54) is 11.3 Å². The van der Waals surface area contributed by atoms with Gasteiger partial charge < -0.3 is 5.11 Å². The molecule has 0 bridgehead atoms. The van der Waals surface area contributed by atoms with Gasteiger partial charge in [-0.15, -0.1) is 22.7 Å². The molecule has 2 aromatic rings. The Morgan fingerprint density at radius 1 is 1.53 bits per heavy atom. The topological polar surface area (TPSA) is 33.1 Å². The van der Waals surface area contributed by atoms with E-state index in [-0.39, 0.29) is 0 Å². The summed E-state index contributed by atoms with van der Waals surface area (Å²) in [6, 6.07) is 2.00. The second kappa shape index (κ2) is 4.74. The van der Waals surface area contributed by atoms with Gasteiger partial charge in [-0.3, -0.25) is 0 Å². The second-order valence-electron chi connectivity index (χ2n) is 3.24. The monoisotopic (exact) mass is 303 g/mol. The van der Waals surface area contributed by atoms with Crippen LogP contribution in [0, 0.1) is 6.92 Å². The van der Waals surface area contributed by atoms with Crippen LogP contribution < -0.4 is 0 Å². The smallest absolute Gasteiger partial charge is 0.122 e. The summed E-state index contributed by atoms with van der Waals surface area (Å²) in [7, 11) is 0. The summed E-state index contributed by atoms with van der Waals surface area (Å²) in [4.78, 5) is 5.44. The number of halogens is 1. The first-order chi connectivity index (χ1) is 7.16. The molecule has 1 atom stereocenters. The quantitative estimate of drug-likeness (QED) is 0.940. The highest BCUT2D eigenvalue weighted by Gasteiger charge is 2.14. The van der Waals surface area contributed by atoms with Gasteiger partial charge in [0.05, 0.1) is 0 Å². The number of hydrogen-bond donors (Lipinski definition) is 1. The Morgan fingerprint density at radius 3 is 2.87 bits per heavy atom. The molecule has 2 aromatic heterocycles. The molecule has 1 N–H and O–H groups in total. The summed E-state index contributed by atoms with van der Waals surface area (Å²) in [5.74, 6) is 0. The van der Waals surface area contributed by atoms with E-state index in [1.807, 2.05) is 23.8 Å². The van der Waals surface area contributed by atoms with Crippen molar-refractivity contribution in [2.24, 2.45) is 0 Å². The van der Waals surface area contributed by atoms with Crippen LogP contribution >= 0.6 is 38.6 Å². The molecule has 0 aliphatic rings. The maximum atomic E-state index is 9.96. The van der Waals surface area contributed by atoms with E-state index in [0.29, 0.717) is 6.42 Å². The molecule has 0 aliphatic heterocycles. The maximum Gasteiger partial charge on any atom is 0.122 e. The van der Waals surface area contributed by atoms with Crippen LogP contribution in [0.1, 0.15) is 21.7 Å². The number of nitrogens with zero attached hydrogens (tertiary/aromatic N) is 1. The number of aliphatic hydroxyl groups is 1. The summed E-state index contributed by atoms with van der Waals surface area (Å²) in [5.41, 5.74) is 0.972. The number of aryl methyl sites for hydroxylation is 1. The molecular formula is C10H10BrNOS2. The second-order valence-corrected chi connectivity index (χ2v) is 5.98. The van der Waals surface area contributed by atoms with Gasteiger partial charge in [-0.25, -0.2) is 4.98 Å². The Labute approximate surface area is 105 Å². The SMILES string of the molecule is Cc1csc(C(O)Cc2sccc2Br)n1. The average molecular weight is 304 g/mol. The summed E-state index contributed by atoms with van der Waals surface area (Å²) in [6.07, 6.45) is 0.143. The third-order valence-corrected chi connectivity index (χ3v) is 5.00. The standard InChI is InChI=1S/C10H10BrNOS2/c1-6-5-15-10(12-6)8(13)4-9-7(11)2-3-14-9/h2-3,5,8,13H,4H2,1H3. The van der Waals surface area contributed by atoms with Crippen LogP contribution in [0.15, 0.2) is 21.3 Å². The molecule has 15 heavy (non-hydrogen) atoms. The zero-order chi connectivity index (χ0) is 10.8. The number of rotatable bonds is 3. The van der Waals surface area contributed by atoms with E-state index < -0.39 is 6.10 Å². The van der Waals surface area contributed by atoms with Gasteiger partial charge in [-0.1, -0.05) is 0 Å². The van der Waals surface area contributed by atoms with Gasteiger partial charge in [0.15, 0.2) is 0 Å². The van der Waals surface area contributed by atoms with Gasteiger partial charge in [0, 0.05) is 26.8 Å². The lowest BCUT2D eigenvalue weighted by atomic mass is 10.2. The number of aromatic nitrogens is 1. The minimum Gasteiger partial charge on any atom is -0.386 e. The molecule has 0 spiro atoms. The molecule has 0 saturated heterocycles. The van der Waals surface area contributed by atoms with Crippen LogP contribution in [-0.2, 0) is 6.42 Å². The third-order valence-electron chi connectivity index (χ3n) is 1.99. The van der Waals surface area contributed by atoms with Crippen molar-refractivity contribution in [1.29, 1.82) is 0 Å². The Bertz CT molecular complexity index is 452. The molecule has 2 heterocycles. The van der Waals surface area contributed by atoms with E-state index >= 15 is 0 Å². The summed E-state index contributed by atoms with van der Waals surface area (Å²) in [5, 5.41) is 14.7. The highest BCUT2D eigenvalue weighted by atomic mass is 79.9. The molecule has 0 radical (unpaired) electrons. The van der Waals surface area contributed by atoms with Crippen LogP contribution in [-0.4, -0.2) is 10.1 Å². The van der Waals surface area contributed by atoms with Gasteiger partial charge in [0.25, 0.3) is 0 Å². The van der Waals surface area contributed by atoms with Gasteiger partial charge >= 0.3 is 0 Å². The first-order valence-corrected chi connectivity index (χ1v) is 7.04. The van der Waals surface area contributed by atoms with E-state index in [9.17, 15) is 5.11 Å². The van der Waals surface area contributed by atoms with Crippen LogP contribution in [0.25, 0.3) is 0 Å². The number of thiophene rings is 1. The van der Waals surface area contributed by atoms with Crippen molar-refractivity contribution in [3.05, 3.63) is 36.9 Å². The molecule has 5 heteroatoms. The largest absolute Gasteiger partial charge is 0.386 e. The number of thiazole rings is 1. The van der Waals surface area contributed by atoms with Crippen molar-refractivity contribution < 1.29 is 5.11 Å². The lowest BCUT2D eigenvalue weighted by Crippen LogP contribution is -2.00. The van der Waals surface area contributed by atoms with Crippen molar-refractivity contribution in [3.63, 3.8) is 0 Å². The van der Waals surface area contributed by atoms with Crippen LogP contribution in [0.2, 0.25) is 0 Å². The number of aliphatic hydroxyl groups excluding tert-OH is 1. The fourth-order valence-electron chi connectivity index (χ4n) is 1.26. The Morgan fingerprint density at radius 2 is 2.33 bits per heavy atom. The Kier molecular flexibility index (Phi) is 3.56. The van der Waals surface area contributed by atoms with E-state index in [2.05, 4.69) is 20.9 Å². The predicted octanol–water partition coefficient (Wildman–Crippen LogP) is 3.55. The molecule has 80 valence electrons. The fraction of sp³-hybridized carbons (Fsp3) is 0.300. The van der Waals surface area contributed by atoms with Crippen molar-refractivity contribution in [3.8, 4) is 0 Å². The van der Waals surface area contributed by atoms with Gasteiger partial charge in [0.2, 0.25) is 0 Å². The summed E-state index contributed by atoms with van der Waals surface area (Å²) < 4.78 is 1.07. The minimum absolute atomic E-state index is 0.487. The maximum absolute atomic E-state index is 9.96. The van der Waals surface area contributed by atoms with Gasteiger partial charge in [0.1, 0.15) is 11.1 Å². The number of hydrogen-bond acceptors (Lipinski definition) is 4. The molecule has 0 aromatic carbocycles. The molecule has 1 unspecified atom stereocenters. The van der Waals surface area contributed by atoms with Crippen molar-refractivity contribution in [2.75, 3.05) is 0 Å². The van der Waals surface area contributed by atoms with Crippen molar-refractivity contribution in [2.45, 2.75) is 19.4 Å². The molecule has 0 amide bonds. The lowest BCUT2D eigenvalue weighted by Gasteiger charge is -2.05. The highest BCUT2D eigenvalue weighted by Crippen LogP contribution is 2.29. The molecule has 0 fully saturated rings. The third kappa shape index (κ3) is 2.66. The van der Waals surface area contributed by atoms with Crippen LogP contribution in [0.4, 0.5) is 0 Å². The molecule has 2 nitrogen and oxygen atoms in total. The average Bonchev–Trinajstić information content (AvgIpc) is 2.77. The van der Waals surface area contributed by atoms with E-state index in [4.69, 9.17) is 0 Å². The van der Waals surface area contributed by atoms with Gasteiger partial charge in [-0.2, -0.15) is 0 Å². The van der Waals surface area contributed by atoms with Crippen LogP contribution in [0.5, 0.6) is 0 Å². The summed E-state index contributed by atoms with van der Waals surface area (Å²) in [6.45, 7) is 1.94. The predicted molar refractivity (Wildman–Crippen MR) is 67.5 cm³/mol.